The number of nitrogens with one attached hydrogen (secondary N) is 2. The van der Waals surface area contributed by atoms with Crippen LogP contribution in [0.25, 0.3) is 0 Å². The lowest BCUT2D eigenvalue weighted by Crippen LogP contribution is -2.30. The number of hydrogen-bond acceptors (Lipinski definition) is 3. The summed E-state index contributed by atoms with van der Waals surface area (Å²) in [5.41, 5.74) is 1.59. The molecule has 0 aliphatic rings. The van der Waals surface area contributed by atoms with Crippen LogP contribution in [0.15, 0.2) is 53.4 Å². The van der Waals surface area contributed by atoms with Crippen LogP contribution >= 0.6 is 12.2 Å². The highest BCUT2D eigenvalue weighted by molar-refractivity contribution is 7.90. The van der Waals surface area contributed by atoms with E-state index in [1.54, 1.807) is 36.4 Å². The Bertz CT molecular complexity index is 788. The SMILES string of the molecule is CC(NC(=S)Nc1ccc(F)cc1)c1ccc(S(C)(=O)=O)cc1. The topological polar surface area (TPSA) is 58.2 Å². The Morgan fingerprint density at radius 1 is 1.09 bits per heavy atom. The van der Waals surface area contributed by atoms with E-state index in [-0.39, 0.29) is 16.8 Å². The number of halogens is 1. The second-order valence-corrected chi connectivity index (χ2v) is 7.59. The molecule has 7 heteroatoms. The molecule has 0 aromatic heterocycles. The van der Waals surface area contributed by atoms with Gasteiger partial charge in [-0.3, -0.25) is 0 Å². The molecule has 0 saturated heterocycles. The largest absolute Gasteiger partial charge is 0.356 e. The summed E-state index contributed by atoms with van der Waals surface area (Å²) >= 11 is 5.22. The molecule has 4 nitrogen and oxygen atoms in total. The maximum atomic E-state index is 12.9. The van der Waals surface area contributed by atoms with Gasteiger partial charge in [0.25, 0.3) is 0 Å². The number of benzene rings is 2. The summed E-state index contributed by atoms with van der Waals surface area (Å²) in [5, 5.41) is 6.46. The molecule has 0 saturated carbocycles. The smallest absolute Gasteiger partial charge is 0.175 e. The Labute approximate surface area is 140 Å². The molecule has 0 fully saturated rings. The van der Waals surface area contributed by atoms with Gasteiger partial charge in [-0.25, -0.2) is 12.8 Å². The van der Waals surface area contributed by atoms with Gasteiger partial charge in [0.2, 0.25) is 0 Å². The molecule has 23 heavy (non-hydrogen) atoms. The molecule has 1 unspecified atom stereocenters. The van der Waals surface area contributed by atoms with Gasteiger partial charge in [-0.2, -0.15) is 0 Å². The second-order valence-electron chi connectivity index (χ2n) is 5.17. The minimum Gasteiger partial charge on any atom is -0.356 e. The molecule has 0 radical (unpaired) electrons. The fourth-order valence-corrected chi connectivity index (χ4v) is 2.91. The molecule has 1 atom stereocenters. The van der Waals surface area contributed by atoms with Crippen molar-refractivity contribution in [1.29, 1.82) is 0 Å². The lowest BCUT2D eigenvalue weighted by Gasteiger charge is -2.17. The molecule has 0 aliphatic heterocycles. The molecule has 2 rings (SSSR count). The number of anilines is 1. The summed E-state index contributed by atoms with van der Waals surface area (Å²) in [5.74, 6) is -0.311. The number of rotatable bonds is 4. The Balaban J connectivity index is 1.99. The van der Waals surface area contributed by atoms with Gasteiger partial charge in [-0.05, 0) is 61.1 Å². The fraction of sp³-hybridized carbons (Fsp3) is 0.188. The van der Waals surface area contributed by atoms with Gasteiger partial charge in [-0.1, -0.05) is 12.1 Å². The van der Waals surface area contributed by atoms with Crippen molar-refractivity contribution in [3.8, 4) is 0 Å². The van der Waals surface area contributed by atoms with Gasteiger partial charge in [-0.15, -0.1) is 0 Å². The molecule has 0 spiro atoms. The van der Waals surface area contributed by atoms with Crippen LogP contribution in [0.1, 0.15) is 18.5 Å². The van der Waals surface area contributed by atoms with E-state index < -0.39 is 9.84 Å². The van der Waals surface area contributed by atoms with E-state index in [1.807, 2.05) is 6.92 Å². The van der Waals surface area contributed by atoms with E-state index >= 15 is 0 Å². The van der Waals surface area contributed by atoms with Gasteiger partial charge in [0.15, 0.2) is 14.9 Å². The van der Waals surface area contributed by atoms with Gasteiger partial charge in [0.05, 0.1) is 10.9 Å². The fourth-order valence-electron chi connectivity index (χ4n) is 1.98. The van der Waals surface area contributed by atoms with Crippen LogP contribution < -0.4 is 10.6 Å². The molecular formula is C16H17FN2O2S2. The van der Waals surface area contributed by atoms with Crippen molar-refractivity contribution in [3.63, 3.8) is 0 Å². The van der Waals surface area contributed by atoms with Crippen molar-refractivity contribution in [1.82, 2.24) is 5.32 Å². The molecule has 0 bridgehead atoms. The van der Waals surface area contributed by atoms with E-state index in [2.05, 4.69) is 10.6 Å². The minimum absolute atomic E-state index is 0.107. The average molecular weight is 352 g/mol. The third kappa shape index (κ3) is 5.01. The Hall–Kier alpha value is -1.99. The summed E-state index contributed by atoms with van der Waals surface area (Å²) in [6.45, 7) is 1.91. The zero-order valence-electron chi connectivity index (χ0n) is 12.7. The van der Waals surface area contributed by atoms with Crippen LogP contribution in [-0.4, -0.2) is 19.8 Å². The number of hydrogen-bond donors (Lipinski definition) is 2. The van der Waals surface area contributed by atoms with Crippen LogP contribution in [0.4, 0.5) is 10.1 Å². The average Bonchev–Trinajstić information content (AvgIpc) is 2.49. The highest BCUT2D eigenvalue weighted by Crippen LogP contribution is 2.16. The molecule has 2 aromatic carbocycles. The molecule has 2 aromatic rings. The lowest BCUT2D eigenvalue weighted by atomic mass is 10.1. The van der Waals surface area contributed by atoms with E-state index in [4.69, 9.17) is 12.2 Å². The van der Waals surface area contributed by atoms with E-state index in [1.165, 1.54) is 18.4 Å². The summed E-state index contributed by atoms with van der Waals surface area (Å²) in [6.07, 6.45) is 1.17. The van der Waals surface area contributed by atoms with Gasteiger partial charge in [0.1, 0.15) is 5.82 Å². The van der Waals surface area contributed by atoms with Crippen molar-refractivity contribution >= 4 is 32.9 Å². The normalized spacial score (nSPS) is 12.5. The summed E-state index contributed by atoms with van der Waals surface area (Å²) in [7, 11) is -3.20. The van der Waals surface area contributed by atoms with Crippen LogP contribution in [0.5, 0.6) is 0 Å². The first-order valence-corrected chi connectivity index (χ1v) is 9.19. The number of thiocarbonyl (C=S) groups is 1. The minimum atomic E-state index is -3.20. The van der Waals surface area contributed by atoms with Gasteiger partial charge < -0.3 is 10.6 Å². The quantitative estimate of drug-likeness (QED) is 0.827. The monoisotopic (exact) mass is 352 g/mol. The number of sulfone groups is 1. The predicted molar refractivity (Wildman–Crippen MR) is 93.7 cm³/mol. The molecule has 0 heterocycles. The molecule has 0 amide bonds. The maximum absolute atomic E-state index is 12.9. The predicted octanol–water partition coefficient (Wildman–Crippen LogP) is 3.28. The molecule has 2 N–H and O–H groups in total. The Morgan fingerprint density at radius 2 is 1.65 bits per heavy atom. The second kappa shape index (κ2) is 7.06. The van der Waals surface area contributed by atoms with Gasteiger partial charge in [0, 0.05) is 11.9 Å². The van der Waals surface area contributed by atoms with E-state index in [0.29, 0.717) is 10.8 Å². The van der Waals surface area contributed by atoms with Crippen molar-refractivity contribution in [2.45, 2.75) is 17.9 Å². The third-order valence-electron chi connectivity index (χ3n) is 3.26. The first-order chi connectivity index (χ1) is 10.8. The van der Waals surface area contributed by atoms with Crippen LogP contribution in [0.3, 0.4) is 0 Å². The zero-order chi connectivity index (χ0) is 17.0. The standard InChI is InChI=1S/C16H17FN2O2S2/c1-11(12-3-9-15(10-4-12)23(2,20)21)18-16(22)19-14-7-5-13(17)6-8-14/h3-11H,1-2H3,(H2,18,19,22). The van der Waals surface area contributed by atoms with E-state index in [9.17, 15) is 12.8 Å². The van der Waals surface area contributed by atoms with Crippen molar-refractivity contribution < 1.29 is 12.8 Å². The highest BCUT2D eigenvalue weighted by Gasteiger charge is 2.10. The summed E-state index contributed by atoms with van der Waals surface area (Å²) < 4.78 is 35.7. The molecule has 0 aliphatic carbocycles. The first-order valence-electron chi connectivity index (χ1n) is 6.89. The van der Waals surface area contributed by atoms with Crippen molar-refractivity contribution in [3.05, 3.63) is 59.9 Å². The van der Waals surface area contributed by atoms with E-state index in [0.717, 1.165) is 5.56 Å². The highest BCUT2D eigenvalue weighted by atomic mass is 32.2. The Morgan fingerprint density at radius 3 is 2.17 bits per heavy atom. The maximum Gasteiger partial charge on any atom is 0.175 e. The summed E-state index contributed by atoms with van der Waals surface area (Å²) in [4.78, 5) is 0.278. The summed E-state index contributed by atoms with van der Waals surface area (Å²) in [6, 6.07) is 12.4. The van der Waals surface area contributed by atoms with Crippen LogP contribution in [0, 0.1) is 5.82 Å². The first kappa shape index (κ1) is 17.4. The lowest BCUT2D eigenvalue weighted by molar-refractivity contribution is 0.601. The zero-order valence-corrected chi connectivity index (χ0v) is 14.3. The van der Waals surface area contributed by atoms with Crippen molar-refractivity contribution in [2.75, 3.05) is 11.6 Å². The van der Waals surface area contributed by atoms with Crippen LogP contribution in [0.2, 0.25) is 0 Å². The van der Waals surface area contributed by atoms with Gasteiger partial charge >= 0.3 is 0 Å². The molecular weight excluding hydrogens is 335 g/mol. The molecule has 122 valence electrons. The third-order valence-corrected chi connectivity index (χ3v) is 4.61. The van der Waals surface area contributed by atoms with Crippen molar-refractivity contribution in [2.24, 2.45) is 0 Å². The van der Waals surface area contributed by atoms with Crippen LogP contribution in [-0.2, 0) is 9.84 Å². The Kier molecular flexibility index (Phi) is 5.33.